The number of aryl methyl sites for hydroxylation is 1. The standard InChI is InChI=1S/C22H19ClN4O3/c1-13-10-20(27-30-13)26-22(29)21(28)25-12-16(14-6-2-4-8-18(14)23)17-11-24-19-9-5-3-7-15(17)19/h2-11,16,24H,12H2,1H3,(H,25,28)(H,26,27,29). The third kappa shape index (κ3) is 4.06. The van der Waals surface area contributed by atoms with Crippen LogP contribution >= 0.6 is 11.6 Å². The molecule has 0 aliphatic heterocycles. The van der Waals surface area contributed by atoms with Gasteiger partial charge in [-0.25, -0.2) is 0 Å². The van der Waals surface area contributed by atoms with Crippen molar-refractivity contribution in [3.05, 3.63) is 82.7 Å². The van der Waals surface area contributed by atoms with Crippen LogP contribution in [0.2, 0.25) is 5.02 Å². The lowest BCUT2D eigenvalue weighted by molar-refractivity contribution is -0.136. The molecule has 152 valence electrons. The maximum atomic E-state index is 12.4. The second-order valence-corrected chi connectivity index (χ2v) is 7.26. The second-order valence-electron chi connectivity index (χ2n) is 6.85. The second kappa shape index (κ2) is 8.42. The topological polar surface area (TPSA) is 100 Å². The van der Waals surface area contributed by atoms with Gasteiger partial charge in [0.25, 0.3) is 0 Å². The van der Waals surface area contributed by atoms with Crippen LogP contribution in [0.3, 0.4) is 0 Å². The van der Waals surface area contributed by atoms with E-state index in [2.05, 4.69) is 20.8 Å². The SMILES string of the molecule is Cc1cc(NC(=O)C(=O)NCC(c2ccccc2Cl)c2c[nH]c3ccccc23)no1. The number of aromatic nitrogens is 2. The number of rotatable bonds is 5. The van der Waals surface area contributed by atoms with Gasteiger partial charge in [-0.1, -0.05) is 53.2 Å². The van der Waals surface area contributed by atoms with Crippen molar-refractivity contribution in [1.29, 1.82) is 0 Å². The van der Waals surface area contributed by atoms with Gasteiger partial charge in [-0.2, -0.15) is 0 Å². The van der Waals surface area contributed by atoms with Crippen LogP contribution in [0.4, 0.5) is 5.82 Å². The van der Waals surface area contributed by atoms with E-state index in [1.54, 1.807) is 13.0 Å². The number of hydrogen-bond acceptors (Lipinski definition) is 4. The first kappa shape index (κ1) is 19.7. The lowest BCUT2D eigenvalue weighted by Gasteiger charge is -2.19. The quantitative estimate of drug-likeness (QED) is 0.423. The monoisotopic (exact) mass is 422 g/mol. The zero-order valence-corrected chi connectivity index (χ0v) is 16.9. The maximum Gasteiger partial charge on any atom is 0.314 e. The summed E-state index contributed by atoms with van der Waals surface area (Å²) in [7, 11) is 0. The van der Waals surface area contributed by atoms with Crippen LogP contribution < -0.4 is 10.6 Å². The number of hydrogen-bond donors (Lipinski definition) is 3. The molecule has 7 nitrogen and oxygen atoms in total. The zero-order chi connectivity index (χ0) is 21.1. The van der Waals surface area contributed by atoms with Crippen molar-refractivity contribution in [2.45, 2.75) is 12.8 Å². The van der Waals surface area contributed by atoms with Crippen molar-refractivity contribution in [3.8, 4) is 0 Å². The lowest BCUT2D eigenvalue weighted by Crippen LogP contribution is -2.38. The van der Waals surface area contributed by atoms with E-state index >= 15 is 0 Å². The molecule has 0 aliphatic rings. The number of carbonyl (C=O) groups excluding carboxylic acids is 2. The molecule has 0 aliphatic carbocycles. The van der Waals surface area contributed by atoms with Crippen molar-refractivity contribution < 1.29 is 14.1 Å². The fraction of sp³-hybridized carbons (Fsp3) is 0.136. The summed E-state index contributed by atoms with van der Waals surface area (Å²) in [6.45, 7) is 1.88. The van der Waals surface area contributed by atoms with Crippen LogP contribution in [0.1, 0.15) is 22.8 Å². The normalized spacial score (nSPS) is 11.9. The third-order valence-electron chi connectivity index (χ3n) is 4.82. The van der Waals surface area contributed by atoms with Gasteiger partial charge in [-0.05, 0) is 30.2 Å². The molecule has 1 unspecified atom stereocenters. The van der Waals surface area contributed by atoms with Crippen LogP contribution in [0.25, 0.3) is 10.9 Å². The van der Waals surface area contributed by atoms with Crippen molar-refractivity contribution in [2.24, 2.45) is 0 Å². The minimum atomic E-state index is -0.819. The molecule has 0 saturated carbocycles. The molecule has 0 fully saturated rings. The highest BCUT2D eigenvalue weighted by atomic mass is 35.5. The minimum absolute atomic E-state index is 0.187. The number of carbonyl (C=O) groups is 2. The minimum Gasteiger partial charge on any atom is -0.361 e. The Morgan fingerprint density at radius 1 is 1.10 bits per heavy atom. The average Bonchev–Trinajstić information content (AvgIpc) is 3.35. The third-order valence-corrected chi connectivity index (χ3v) is 5.16. The molecule has 8 heteroatoms. The number of benzene rings is 2. The maximum absolute atomic E-state index is 12.4. The van der Waals surface area contributed by atoms with Crippen LogP contribution in [-0.4, -0.2) is 28.5 Å². The molecular weight excluding hydrogens is 404 g/mol. The van der Waals surface area contributed by atoms with Crippen LogP contribution in [0.15, 0.2) is 65.3 Å². The summed E-state index contributed by atoms with van der Waals surface area (Å²) in [5, 5.41) is 10.4. The molecule has 4 rings (SSSR count). The lowest BCUT2D eigenvalue weighted by atomic mass is 9.90. The molecule has 0 radical (unpaired) electrons. The summed E-state index contributed by atoms with van der Waals surface area (Å²) in [6, 6.07) is 16.9. The fourth-order valence-electron chi connectivity index (χ4n) is 3.40. The van der Waals surface area contributed by atoms with E-state index in [1.165, 1.54) is 6.07 Å². The molecule has 2 amide bonds. The highest BCUT2D eigenvalue weighted by Gasteiger charge is 2.23. The largest absolute Gasteiger partial charge is 0.361 e. The number of para-hydroxylation sites is 1. The Labute approximate surface area is 177 Å². The van der Waals surface area contributed by atoms with Gasteiger partial charge in [-0.15, -0.1) is 0 Å². The summed E-state index contributed by atoms with van der Waals surface area (Å²) in [6.07, 6.45) is 1.91. The molecule has 2 heterocycles. The molecular formula is C22H19ClN4O3. The van der Waals surface area contributed by atoms with E-state index in [9.17, 15) is 9.59 Å². The van der Waals surface area contributed by atoms with Gasteiger partial charge in [-0.3, -0.25) is 14.9 Å². The summed E-state index contributed by atoms with van der Waals surface area (Å²) >= 11 is 6.45. The predicted molar refractivity (Wildman–Crippen MR) is 114 cm³/mol. The van der Waals surface area contributed by atoms with Gasteiger partial charge in [0, 0.05) is 40.7 Å². The number of halogens is 1. The Morgan fingerprint density at radius 2 is 1.87 bits per heavy atom. The Balaban J connectivity index is 1.57. The van der Waals surface area contributed by atoms with E-state index in [1.807, 2.05) is 48.7 Å². The van der Waals surface area contributed by atoms with Crippen molar-refractivity contribution >= 4 is 40.1 Å². The summed E-state index contributed by atoms with van der Waals surface area (Å²) in [5.41, 5.74) is 2.82. The molecule has 0 spiro atoms. The number of H-pyrrole nitrogens is 1. The van der Waals surface area contributed by atoms with Crippen LogP contribution in [0.5, 0.6) is 0 Å². The van der Waals surface area contributed by atoms with Gasteiger partial charge in [0.2, 0.25) is 0 Å². The predicted octanol–water partition coefficient (Wildman–Crippen LogP) is 4.00. The molecule has 0 bridgehead atoms. The molecule has 2 aromatic heterocycles. The number of anilines is 1. The van der Waals surface area contributed by atoms with Gasteiger partial charge in [0.05, 0.1) is 0 Å². The number of nitrogens with one attached hydrogen (secondary N) is 3. The van der Waals surface area contributed by atoms with Gasteiger partial charge in [0.15, 0.2) is 5.82 Å². The van der Waals surface area contributed by atoms with Crippen LogP contribution in [0, 0.1) is 6.92 Å². The number of fused-ring (bicyclic) bond motifs is 1. The summed E-state index contributed by atoms with van der Waals surface area (Å²) < 4.78 is 4.89. The van der Waals surface area contributed by atoms with Crippen molar-refractivity contribution in [3.63, 3.8) is 0 Å². The number of nitrogens with zero attached hydrogens (tertiary/aromatic N) is 1. The highest BCUT2D eigenvalue weighted by molar-refractivity contribution is 6.39. The Kier molecular flexibility index (Phi) is 5.54. The Hall–Kier alpha value is -3.58. The molecule has 2 aromatic carbocycles. The average molecular weight is 423 g/mol. The smallest absolute Gasteiger partial charge is 0.314 e. The van der Waals surface area contributed by atoms with E-state index in [0.717, 1.165) is 22.0 Å². The fourth-order valence-corrected chi connectivity index (χ4v) is 3.67. The van der Waals surface area contributed by atoms with Gasteiger partial charge < -0.3 is 14.8 Å². The van der Waals surface area contributed by atoms with Crippen molar-refractivity contribution in [1.82, 2.24) is 15.5 Å². The molecule has 4 aromatic rings. The van der Waals surface area contributed by atoms with E-state index in [4.69, 9.17) is 16.1 Å². The first-order valence-corrected chi connectivity index (χ1v) is 9.73. The molecule has 0 saturated heterocycles. The van der Waals surface area contributed by atoms with Crippen LogP contribution in [-0.2, 0) is 9.59 Å². The Morgan fingerprint density at radius 3 is 2.63 bits per heavy atom. The summed E-state index contributed by atoms with van der Waals surface area (Å²) in [5.74, 6) is -1.12. The Bertz CT molecular complexity index is 1210. The number of aromatic amines is 1. The zero-order valence-electron chi connectivity index (χ0n) is 16.1. The van der Waals surface area contributed by atoms with E-state index in [0.29, 0.717) is 10.8 Å². The first-order chi connectivity index (χ1) is 14.5. The molecule has 1 atom stereocenters. The number of amides is 2. The molecule has 30 heavy (non-hydrogen) atoms. The van der Waals surface area contributed by atoms with Crippen molar-refractivity contribution in [2.75, 3.05) is 11.9 Å². The first-order valence-electron chi connectivity index (χ1n) is 9.36. The van der Waals surface area contributed by atoms with E-state index < -0.39 is 11.8 Å². The van der Waals surface area contributed by atoms with E-state index in [-0.39, 0.29) is 18.3 Å². The highest BCUT2D eigenvalue weighted by Crippen LogP contribution is 2.34. The molecule has 3 N–H and O–H groups in total. The summed E-state index contributed by atoms with van der Waals surface area (Å²) in [4.78, 5) is 27.8. The van der Waals surface area contributed by atoms with Gasteiger partial charge in [0.1, 0.15) is 5.76 Å². The van der Waals surface area contributed by atoms with Gasteiger partial charge >= 0.3 is 11.8 Å².